The average molecular weight is 278 g/mol. The molecule has 0 saturated heterocycles. The number of halogens is 1. The van der Waals surface area contributed by atoms with E-state index in [9.17, 15) is 9.18 Å². The second kappa shape index (κ2) is 6.52. The van der Waals surface area contributed by atoms with Gasteiger partial charge in [0.1, 0.15) is 11.9 Å². The summed E-state index contributed by atoms with van der Waals surface area (Å²) in [6, 6.07) is 3.77. The van der Waals surface area contributed by atoms with Crippen molar-refractivity contribution in [2.24, 2.45) is 5.73 Å². The number of aromatic nitrogens is 1. The minimum atomic E-state index is -0.728. The number of hydrogen-bond acceptors (Lipinski definition) is 3. The van der Waals surface area contributed by atoms with E-state index in [1.807, 2.05) is 6.92 Å². The van der Waals surface area contributed by atoms with E-state index in [-0.39, 0.29) is 5.82 Å². The zero-order valence-corrected chi connectivity index (χ0v) is 11.5. The van der Waals surface area contributed by atoms with Gasteiger partial charge in [0, 0.05) is 23.5 Å². The largest absolute Gasteiger partial charge is 0.465 e. The third-order valence-corrected chi connectivity index (χ3v) is 3.21. The Hall–Kier alpha value is -1.88. The van der Waals surface area contributed by atoms with Crippen molar-refractivity contribution in [3.05, 3.63) is 35.8 Å². The number of carbonyl (C=O) groups excluding carboxylic acids is 1. The Kier molecular flexibility index (Phi) is 4.74. The number of aromatic amines is 1. The molecule has 5 heteroatoms. The lowest BCUT2D eigenvalue weighted by Crippen LogP contribution is -2.34. The minimum Gasteiger partial charge on any atom is -0.465 e. The molecule has 1 unspecified atom stereocenters. The van der Waals surface area contributed by atoms with Crippen molar-refractivity contribution in [1.29, 1.82) is 0 Å². The second-order valence-electron chi connectivity index (χ2n) is 4.84. The third kappa shape index (κ3) is 3.36. The number of nitrogens with two attached hydrogens (primary N) is 1. The Balaban J connectivity index is 2.04. The SMILES string of the molecule is CCCCOC(=O)C(N)Cc1c[nH]c2ccc(F)cc12. The lowest BCUT2D eigenvalue weighted by molar-refractivity contribution is -0.145. The maximum atomic E-state index is 13.3. The summed E-state index contributed by atoms with van der Waals surface area (Å²) < 4.78 is 18.3. The first-order valence-corrected chi connectivity index (χ1v) is 6.79. The summed E-state index contributed by atoms with van der Waals surface area (Å²) >= 11 is 0. The summed E-state index contributed by atoms with van der Waals surface area (Å²) in [5.74, 6) is -0.721. The molecule has 0 spiro atoms. The van der Waals surface area contributed by atoms with E-state index in [1.54, 1.807) is 12.3 Å². The average Bonchev–Trinajstić information content (AvgIpc) is 2.81. The van der Waals surface area contributed by atoms with Gasteiger partial charge in [-0.1, -0.05) is 13.3 Å². The number of fused-ring (bicyclic) bond motifs is 1. The summed E-state index contributed by atoms with van der Waals surface area (Å²) in [4.78, 5) is 14.8. The summed E-state index contributed by atoms with van der Waals surface area (Å²) in [5.41, 5.74) is 7.48. The summed E-state index contributed by atoms with van der Waals surface area (Å²) in [6.45, 7) is 2.42. The van der Waals surface area contributed by atoms with E-state index < -0.39 is 12.0 Å². The van der Waals surface area contributed by atoms with Crippen molar-refractivity contribution in [3.63, 3.8) is 0 Å². The maximum Gasteiger partial charge on any atom is 0.323 e. The fraction of sp³-hybridized carbons (Fsp3) is 0.400. The molecule has 1 aromatic carbocycles. The van der Waals surface area contributed by atoms with Gasteiger partial charge >= 0.3 is 5.97 Å². The Labute approximate surface area is 117 Å². The molecular formula is C15H19FN2O2. The summed E-state index contributed by atoms with van der Waals surface area (Å²) in [7, 11) is 0. The normalized spacial score (nSPS) is 12.6. The smallest absolute Gasteiger partial charge is 0.323 e. The molecule has 0 aliphatic rings. The fourth-order valence-corrected chi connectivity index (χ4v) is 2.06. The molecule has 0 amide bonds. The molecule has 0 saturated carbocycles. The number of esters is 1. The lowest BCUT2D eigenvalue weighted by atomic mass is 10.1. The first kappa shape index (κ1) is 14.5. The van der Waals surface area contributed by atoms with Gasteiger partial charge in [-0.2, -0.15) is 0 Å². The Morgan fingerprint density at radius 1 is 1.50 bits per heavy atom. The number of nitrogens with one attached hydrogen (secondary N) is 1. The highest BCUT2D eigenvalue weighted by molar-refractivity contribution is 5.84. The zero-order valence-electron chi connectivity index (χ0n) is 11.5. The molecule has 3 N–H and O–H groups in total. The van der Waals surface area contributed by atoms with Gasteiger partial charge in [0.15, 0.2) is 0 Å². The van der Waals surface area contributed by atoms with E-state index in [2.05, 4.69) is 4.98 Å². The molecule has 2 rings (SSSR count). The summed E-state index contributed by atoms with van der Waals surface area (Å²) in [5, 5.41) is 0.752. The van der Waals surface area contributed by atoms with E-state index in [0.717, 1.165) is 29.3 Å². The number of unbranched alkanes of at least 4 members (excludes halogenated alkanes) is 1. The van der Waals surface area contributed by atoms with Crippen LogP contribution in [0.15, 0.2) is 24.4 Å². The van der Waals surface area contributed by atoms with Gasteiger partial charge in [-0.05, 0) is 30.2 Å². The van der Waals surface area contributed by atoms with Crippen molar-refractivity contribution in [1.82, 2.24) is 4.98 Å². The molecule has 4 nitrogen and oxygen atoms in total. The summed E-state index contributed by atoms with van der Waals surface area (Å²) in [6.07, 6.45) is 3.87. The molecule has 0 aliphatic heterocycles. The number of benzene rings is 1. The van der Waals surface area contributed by atoms with Gasteiger partial charge < -0.3 is 15.5 Å². The molecule has 1 atom stereocenters. The van der Waals surface area contributed by atoms with Crippen LogP contribution in [0.1, 0.15) is 25.3 Å². The lowest BCUT2D eigenvalue weighted by Gasteiger charge is -2.10. The molecule has 0 fully saturated rings. The van der Waals surface area contributed by atoms with Gasteiger partial charge in [0.25, 0.3) is 0 Å². The number of carbonyl (C=O) groups is 1. The monoisotopic (exact) mass is 278 g/mol. The molecule has 1 aromatic heterocycles. The maximum absolute atomic E-state index is 13.3. The van der Waals surface area contributed by atoms with Crippen molar-refractivity contribution < 1.29 is 13.9 Å². The van der Waals surface area contributed by atoms with Gasteiger partial charge in [-0.25, -0.2) is 4.39 Å². The van der Waals surface area contributed by atoms with Crippen LogP contribution in [0, 0.1) is 5.82 Å². The highest BCUT2D eigenvalue weighted by atomic mass is 19.1. The zero-order chi connectivity index (χ0) is 14.5. The first-order chi connectivity index (χ1) is 9.61. The number of rotatable bonds is 6. The van der Waals surface area contributed by atoms with E-state index in [0.29, 0.717) is 13.0 Å². The molecular weight excluding hydrogens is 259 g/mol. The van der Waals surface area contributed by atoms with Crippen molar-refractivity contribution in [2.75, 3.05) is 6.61 Å². The quantitative estimate of drug-likeness (QED) is 0.630. The van der Waals surface area contributed by atoms with Gasteiger partial charge in [0.2, 0.25) is 0 Å². The van der Waals surface area contributed by atoms with Crippen LogP contribution in [-0.4, -0.2) is 23.6 Å². The second-order valence-corrected chi connectivity index (χ2v) is 4.84. The molecule has 0 bridgehead atoms. The molecule has 1 heterocycles. The topological polar surface area (TPSA) is 68.1 Å². The van der Waals surface area contributed by atoms with Crippen LogP contribution in [0.25, 0.3) is 10.9 Å². The number of hydrogen-bond donors (Lipinski definition) is 2. The van der Waals surface area contributed by atoms with Crippen molar-refractivity contribution >= 4 is 16.9 Å². The molecule has 2 aromatic rings. The molecule has 0 aliphatic carbocycles. The van der Waals surface area contributed by atoms with Crippen LogP contribution in [-0.2, 0) is 16.0 Å². The first-order valence-electron chi connectivity index (χ1n) is 6.79. The molecule has 108 valence electrons. The molecule has 0 radical (unpaired) electrons. The minimum absolute atomic E-state index is 0.308. The standard InChI is InChI=1S/C15H19FN2O2/c1-2-3-6-20-15(19)13(17)7-10-9-18-14-5-4-11(16)8-12(10)14/h4-5,8-9,13,18H,2-3,6-7,17H2,1H3. The Morgan fingerprint density at radius 3 is 3.05 bits per heavy atom. The van der Waals surface area contributed by atoms with Crippen molar-refractivity contribution in [3.8, 4) is 0 Å². The van der Waals surface area contributed by atoms with Crippen LogP contribution in [0.5, 0.6) is 0 Å². The van der Waals surface area contributed by atoms with E-state index in [4.69, 9.17) is 10.5 Å². The Bertz CT molecular complexity index is 595. The van der Waals surface area contributed by atoms with Crippen LogP contribution in [0.3, 0.4) is 0 Å². The number of ether oxygens (including phenoxy) is 1. The van der Waals surface area contributed by atoms with E-state index >= 15 is 0 Å². The third-order valence-electron chi connectivity index (χ3n) is 3.21. The predicted octanol–water partition coefficient (Wildman–Crippen LogP) is 2.52. The van der Waals surface area contributed by atoms with Crippen LogP contribution >= 0.6 is 0 Å². The number of H-pyrrole nitrogens is 1. The predicted molar refractivity (Wildman–Crippen MR) is 75.8 cm³/mol. The van der Waals surface area contributed by atoms with Crippen molar-refractivity contribution in [2.45, 2.75) is 32.2 Å². The highest BCUT2D eigenvalue weighted by Gasteiger charge is 2.17. The van der Waals surface area contributed by atoms with Crippen LogP contribution in [0.4, 0.5) is 4.39 Å². The van der Waals surface area contributed by atoms with Gasteiger partial charge in [0.05, 0.1) is 6.61 Å². The molecule has 20 heavy (non-hydrogen) atoms. The van der Waals surface area contributed by atoms with Gasteiger partial charge in [-0.3, -0.25) is 4.79 Å². The fourth-order valence-electron chi connectivity index (χ4n) is 2.06. The highest BCUT2D eigenvalue weighted by Crippen LogP contribution is 2.20. The van der Waals surface area contributed by atoms with Gasteiger partial charge in [-0.15, -0.1) is 0 Å². The van der Waals surface area contributed by atoms with Crippen LogP contribution < -0.4 is 5.73 Å². The van der Waals surface area contributed by atoms with Crippen LogP contribution in [0.2, 0.25) is 0 Å². The Morgan fingerprint density at radius 2 is 2.30 bits per heavy atom. The van der Waals surface area contributed by atoms with E-state index in [1.165, 1.54) is 12.1 Å².